The van der Waals surface area contributed by atoms with Crippen LogP contribution in [-0.4, -0.2) is 36.2 Å². The molecule has 4 aromatic rings. The Morgan fingerprint density at radius 2 is 1.87 bits per heavy atom. The molecule has 0 aliphatic heterocycles. The third-order valence-electron chi connectivity index (χ3n) is 5.16. The molecule has 0 atom stereocenters. The number of carbonyl (C=O) groups is 1. The summed E-state index contributed by atoms with van der Waals surface area (Å²) >= 11 is 0. The zero-order chi connectivity index (χ0) is 21.6. The first-order chi connectivity index (χ1) is 14.3. The molecule has 9 heteroatoms. The van der Waals surface area contributed by atoms with Crippen LogP contribution in [0.5, 0.6) is 0 Å². The molecule has 0 saturated heterocycles. The molecule has 0 saturated carbocycles. The van der Waals surface area contributed by atoms with Gasteiger partial charge in [-0.05, 0) is 32.0 Å². The molecule has 4 rings (SSSR count). The molecule has 9 nitrogen and oxygen atoms in total. The van der Waals surface area contributed by atoms with Gasteiger partial charge in [0.15, 0.2) is 11.2 Å². The van der Waals surface area contributed by atoms with E-state index >= 15 is 0 Å². The Morgan fingerprint density at radius 3 is 2.63 bits per heavy atom. The van der Waals surface area contributed by atoms with Gasteiger partial charge >= 0.3 is 11.7 Å². The fraction of sp³-hybridized carbons (Fsp3) is 0.286. The lowest BCUT2D eigenvalue weighted by Crippen LogP contribution is -2.37. The SMILES string of the molecule is Cc1ccc2nc(C)c(C(=O)OCCn3cnc4c3c(=O)n(C)c(=O)n4C)cc2c1. The predicted molar refractivity (Wildman–Crippen MR) is 112 cm³/mol. The van der Waals surface area contributed by atoms with Crippen LogP contribution in [0.15, 0.2) is 40.2 Å². The van der Waals surface area contributed by atoms with Gasteiger partial charge in [-0.1, -0.05) is 11.6 Å². The zero-order valence-corrected chi connectivity index (χ0v) is 17.2. The Bertz CT molecular complexity index is 1430. The molecule has 0 amide bonds. The molecule has 30 heavy (non-hydrogen) atoms. The van der Waals surface area contributed by atoms with Gasteiger partial charge in [0.25, 0.3) is 5.56 Å². The molecule has 1 aromatic carbocycles. The fourth-order valence-electron chi connectivity index (χ4n) is 3.48. The van der Waals surface area contributed by atoms with Gasteiger partial charge in [-0.3, -0.25) is 18.9 Å². The van der Waals surface area contributed by atoms with Gasteiger partial charge < -0.3 is 9.30 Å². The Labute approximate surface area is 171 Å². The summed E-state index contributed by atoms with van der Waals surface area (Å²) in [4.78, 5) is 45.7. The maximum atomic E-state index is 12.6. The van der Waals surface area contributed by atoms with Crippen molar-refractivity contribution in [2.75, 3.05) is 6.61 Å². The topological polar surface area (TPSA) is 101 Å². The molecule has 3 aromatic heterocycles. The minimum atomic E-state index is -0.479. The summed E-state index contributed by atoms with van der Waals surface area (Å²) in [6, 6.07) is 7.65. The highest BCUT2D eigenvalue weighted by molar-refractivity contribution is 5.95. The van der Waals surface area contributed by atoms with Gasteiger partial charge in [-0.15, -0.1) is 0 Å². The van der Waals surface area contributed by atoms with E-state index in [9.17, 15) is 14.4 Å². The molecule has 0 unspecified atom stereocenters. The quantitative estimate of drug-likeness (QED) is 0.475. The molecule has 0 radical (unpaired) electrons. The van der Waals surface area contributed by atoms with Crippen LogP contribution in [0.4, 0.5) is 0 Å². The minimum absolute atomic E-state index is 0.0432. The zero-order valence-electron chi connectivity index (χ0n) is 17.2. The summed E-state index contributed by atoms with van der Waals surface area (Å²) in [5, 5.41) is 0.873. The van der Waals surface area contributed by atoms with E-state index in [-0.39, 0.29) is 18.7 Å². The summed E-state index contributed by atoms with van der Waals surface area (Å²) in [7, 11) is 2.97. The highest BCUT2D eigenvalue weighted by Gasteiger charge is 2.16. The molecular formula is C21H21N5O4. The Kier molecular flexibility index (Phi) is 4.73. The first-order valence-electron chi connectivity index (χ1n) is 9.44. The van der Waals surface area contributed by atoms with Crippen LogP contribution in [0.25, 0.3) is 22.1 Å². The van der Waals surface area contributed by atoms with E-state index in [0.717, 1.165) is 21.0 Å². The number of ether oxygens (including phenoxy) is 1. The van der Waals surface area contributed by atoms with Crippen LogP contribution in [0, 0.1) is 13.8 Å². The first kappa shape index (κ1) is 19.6. The number of esters is 1. The lowest BCUT2D eigenvalue weighted by atomic mass is 10.1. The van der Waals surface area contributed by atoms with E-state index in [1.807, 2.05) is 25.1 Å². The molecule has 0 bridgehead atoms. The minimum Gasteiger partial charge on any atom is -0.460 e. The molecule has 0 aliphatic carbocycles. The first-order valence-corrected chi connectivity index (χ1v) is 9.44. The second-order valence-electron chi connectivity index (χ2n) is 7.27. The molecule has 3 heterocycles. The molecule has 0 N–H and O–H groups in total. The average Bonchev–Trinajstić information content (AvgIpc) is 3.14. The highest BCUT2D eigenvalue weighted by Crippen LogP contribution is 2.19. The second kappa shape index (κ2) is 7.25. The van der Waals surface area contributed by atoms with Crippen LogP contribution in [0.1, 0.15) is 21.6 Å². The Hall–Kier alpha value is -3.75. The summed E-state index contributed by atoms with van der Waals surface area (Å²) < 4.78 is 9.35. The number of aromatic nitrogens is 5. The standard InChI is InChI=1S/C21H21N5O4/c1-12-5-6-16-14(9-12)10-15(13(2)23-16)20(28)30-8-7-26-11-22-18-17(26)19(27)25(4)21(29)24(18)3/h5-6,9-11H,7-8H2,1-4H3. The van der Waals surface area contributed by atoms with Crippen molar-refractivity contribution in [3.63, 3.8) is 0 Å². The number of imidazole rings is 1. The predicted octanol–water partition coefficient (Wildman–Crippen LogP) is 1.46. The number of rotatable bonds is 4. The molecule has 154 valence electrons. The van der Waals surface area contributed by atoms with Gasteiger partial charge in [0.05, 0.1) is 29.6 Å². The van der Waals surface area contributed by atoms with Crippen molar-refractivity contribution < 1.29 is 9.53 Å². The van der Waals surface area contributed by atoms with Crippen molar-refractivity contribution in [2.24, 2.45) is 14.1 Å². The van der Waals surface area contributed by atoms with E-state index in [2.05, 4.69) is 9.97 Å². The summed E-state index contributed by atoms with van der Waals surface area (Å²) in [5.41, 5.74) is 2.58. The third kappa shape index (κ3) is 3.18. The van der Waals surface area contributed by atoms with Gasteiger partial charge in [-0.25, -0.2) is 14.6 Å². The lowest BCUT2D eigenvalue weighted by molar-refractivity contribution is 0.0491. The fourth-order valence-corrected chi connectivity index (χ4v) is 3.48. The van der Waals surface area contributed by atoms with E-state index in [1.54, 1.807) is 24.6 Å². The Morgan fingerprint density at radius 1 is 1.10 bits per heavy atom. The number of hydrogen-bond acceptors (Lipinski definition) is 6. The van der Waals surface area contributed by atoms with E-state index in [0.29, 0.717) is 16.9 Å². The normalized spacial score (nSPS) is 11.3. The van der Waals surface area contributed by atoms with Crippen molar-refractivity contribution in [3.05, 3.63) is 68.3 Å². The summed E-state index contributed by atoms with van der Waals surface area (Å²) in [6.45, 7) is 4.02. The molecule has 0 fully saturated rings. The number of nitrogens with zero attached hydrogens (tertiary/aromatic N) is 5. The number of carbonyl (C=O) groups excluding carboxylic acids is 1. The van der Waals surface area contributed by atoms with Crippen molar-refractivity contribution in [3.8, 4) is 0 Å². The maximum Gasteiger partial charge on any atom is 0.340 e. The number of pyridine rings is 1. The van der Waals surface area contributed by atoms with Crippen molar-refractivity contribution in [1.29, 1.82) is 0 Å². The third-order valence-corrected chi connectivity index (χ3v) is 5.16. The van der Waals surface area contributed by atoms with Crippen molar-refractivity contribution in [2.45, 2.75) is 20.4 Å². The van der Waals surface area contributed by atoms with Gasteiger partial charge in [0.2, 0.25) is 0 Å². The van der Waals surface area contributed by atoms with Crippen molar-refractivity contribution in [1.82, 2.24) is 23.7 Å². The summed E-state index contributed by atoms with van der Waals surface area (Å²) in [5.74, 6) is -0.479. The summed E-state index contributed by atoms with van der Waals surface area (Å²) in [6.07, 6.45) is 1.46. The number of fused-ring (bicyclic) bond motifs is 2. The molecule has 0 spiro atoms. The van der Waals surface area contributed by atoms with Gasteiger partial charge in [0, 0.05) is 19.5 Å². The number of hydrogen-bond donors (Lipinski definition) is 0. The van der Waals surface area contributed by atoms with E-state index < -0.39 is 17.2 Å². The van der Waals surface area contributed by atoms with Crippen LogP contribution in [-0.2, 0) is 25.4 Å². The van der Waals surface area contributed by atoms with Crippen LogP contribution in [0.3, 0.4) is 0 Å². The molecule has 0 aliphatic rings. The van der Waals surface area contributed by atoms with Crippen LogP contribution >= 0.6 is 0 Å². The van der Waals surface area contributed by atoms with Crippen molar-refractivity contribution >= 4 is 28.0 Å². The largest absolute Gasteiger partial charge is 0.460 e. The number of benzene rings is 1. The van der Waals surface area contributed by atoms with Gasteiger partial charge in [0.1, 0.15) is 6.61 Å². The van der Waals surface area contributed by atoms with Crippen LogP contribution < -0.4 is 11.2 Å². The average molecular weight is 407 g/mol. The van der Waals surface area contributed by atoms with Crippen LogP contribution in [0.2, 0.25) is 0 Å². The van der Waals surface area contributed by atoms with E-state index in [4.69, 9.17) is 4.74 Å². The van der Waals surface area contributed by atoms with Gasteiger partial charge in [-0.2, -0.15) is 0 Å². The smallest absolute Gasteiger partial charge is 0.340 e. The Balaban J connectivity index is 1.56. The number of aryl methyl sites for hydroxylation is 3. The monoisotopic (exact) mass is 407 g/mol. The lowest BCUT2D eigenvalue weighted by Gasteiger charge is -2.10. The maximum absolute atomic E-state index is 12.6. The van der Waals surface area contributed by atoms with E-state index in [1.165, 1.54) is 17.9 Å². The highest BCUT2D eigenvalue weighted by atomic mass is 16.5. The second-order valence-corrected chi connectivity index (χ2v) is 7.27. The molecular weight excluding hydrogens is 386 g/mol.